The van der Waals surface area contributed by atoms with Gasteiger partial charge in [-0.15, -0.1) is 11.3 Å². The maximum Gasteiger partial charge on any atom is 0.226 e. The summed E-state index contributed by atoms with van der Waals surface area (Å²) < 4.78 is 1.01. The standard InChI is InChI=1S/C13H16N4OS2/c1-3-19-13-17-10(8-20-13)4-12(18)16-7-11-6-14-9(2)5-15-11/h5-6,8H,3-4,7H2,1-2H3,(H,16,18). The van der Waals surface area contributed by atoms with Gasteiger partial charge in [0.2, 0.25) is 5.91 Å². The number of carbonyl (C=O) groups excluding carboxylic acids is 1. The highest BCUT2D eigenvalue weighted by Gasteiger charge is 2.08. The number of carbonyl (C=O) groups is 1. The Bertz CT molecular complexity index is 568. The van der Waals surface area contributed by atoms with Crippen LogP contribution in [0.5, 0.6) is 0 Å². The lowest BCUT2D eigenvalue weighted by atomic mass is 10.3. The van der Waals surface area contributed by atoms with Crippen molar-refractivity contribution in [1.82, 2.24) is 20.3 Å². The first-order chi connectivity index (χ1) is 9.67. The molecule has 0 aliphatic heterocycles. The Morgan fingerprint density at radius 3 is 2.90 bits per heavy atom. The van der Waals surface area contributed by atoms with Crippen LogP contribution in [-0.4, -0.2) is 26.6 Å². The van der Waals surface area contributed by atoms with Gasteiger partial charge in [0.25, 0.3) is 0 Å². The first-order valence-corrected chi connectivity index (χ1v) is 8.15. The van der Waals surface area contributed by atoms with E-state index in [-0.39, 0.29) is 5.91 Å². The number of aryl methyl sites for hydroxylation is 1. The molecule has 2 aromatic rings. The number of aromatic nitrogens is 3. The van der Waals surface area contributed by atoms with Gasteiger partial charge in [-0.1, -0.05) is 18.7 Å². The van der Waals surface area contributed by atoms with Gasteiger partial charge in [0.1, 0.15) is 4.34 Å². The van der Waals surface area contributed by atoms with Gasteiger partial charge in [0, 0.05) is 11.6 Å². The summed E-state index contributed by atoms with van der Waals surface area (Å²) in [6.07, 6.45) is 3.67. The van der Waals surface area contributed by atoms with Crippen LogP contribution < -0.4 is 5.32 Å². The maximum absolute atomic E-state index is 11.8. The number of hydrogen-bond acceptors (Lipinski definition) is 6. The lowest BCUT2D eigenvalue weighted by molar-refractivity contribution is -0.120. The Labute approximate surface area is 126 Å². The fourth-order valence-electron chi connectivity index (χ4n) is 1.49. The molecular formula is C13H16N4OS2. The largest absolute Gasteiger partial charge is 0.350 e. The summed E-state index contributed by atoms with van der Waals surface area (Å²) in [5.41, 5.74) is 2.44. The van der Waals surface area contributed by atoms with Crippen LogP contribution in [0, 0.1) is 6.92 Å². The lowest BCUT2D eigenvalue weighted by Gasteiger charge is -2.03. The third kappa shape index (κ3) is 4.57. The van der Waals surface area contributed by atoms with Crippen LogP contribution in [0.3, 0.4) is 0 Å². The van der Waals surface area contributed by atoms with E-state index in [0.717, 1.165) is 27.2 Å². The van der Waals surface area contributed by atoms with Crippen molar-refractivity contribution in [1.29, 1.82) is 0 Å². The van der Waals surface area contributed by atoms with Gasteiger partial charge in [-0.3, -0.25) is 14.8 Å². The second-order valence-electron chi connectivity index (χ2n) is 4.14. The van der Waals surface area contributed by atoms with Crippen molar-refractivity contribution in [3.05, 3.63) is 34.9 Å². The van der Waals surface area contributed by atoms with Crippen LogP contribution in [0.1, 0.15) is 24.0 Å². The average Bonchev–Trinajstić information content (AvgIpc) is 2.86. The zero-order valence-electron chi connectivity index (χ0n) is 11.4. The molecule has 7 heteroatoms. The van der Waals surface area contributed by atoms with E-state index in [0.29, 0.717) is 13.0 Å². The third-order valence-electron chi connectivity index (χ3n) is 2.44. The first kappa shape index (κ1) is 14.9. The topological polar surface area (TPSA) is 67.8 Å². The minimum atomic E-state index is -0.0503. The predicted molar refractivity (Wildman–Crippen MR) is 80.8 cm³/mol. The highest BCUT2D eigenvalue weighted by molar-refractivity contribution is 8.00. The van der Waals surface area contributed by atoms with Gasteiger partial charge < -0.3 is 5.32 Å². The number of thioether (sulfide) groups is 1. The highest BCUT2D eigenvalue weighted by Crippen LogP contribution is 2.22. The van der Waals surface area contributed by atoms with Crippen molar-refractivity contribution >= 4 is 29.0 Å². The van der Waals surface area contributed by atoms with E-state index in [1.165, 1.54) is 0 Å². The Balaban J connectivity index is 1.81. The van der Waals surface area contributed by atoms with Gasteiger partial charge in [-0.05, 0) is 12.7 Å². The van der Waals surface area contributed by atoms with E-state index >= 15 is 0 Å². The maximum atomic E-state index is 11.8. The fraction of sp³-hybridized carbons (Fsp3) is 0.385. The van der Waals surface area contributed by atoms with E-state index in [9.17, 15) is 4.79 Å². The molecule has 1 amide bonds. The Hall–Kier alpha value is -1.47. The molecule has 0 saturated heterocycles. The zero-order valence-corrected chi connectivity index (χ0v) is 13.1. The molecule has 0 radical (unpaired) electrons. The van der Waals surface area contributed by atoms with Gasteiger partial charge in [-0.25, -0.2) is 4.98 Å². The van der Waals surface area contributed by atoms with E-state index in [1.807, 2.05) is 12.3 Å². The van der Waals surface area contributed by atoms with Gasteiger partial charge in [-0.2, -0.15) is 0 Å². The molecule has 2 rings (SSSR count). The average molecular weight is 308 g/mol. The molecule has 0 bridgehead atoms. The lowest BCUT2D eigenvalue weighted by Crippen LogP contribution is -2.25. The second kappa shape index (κ2) is 7.35. The minimum Gasteiger partial charge on any atom is -0.350 e. The molecule has 0 atom stereocenters. The van der Waals surface area contributed by atoms with Crippen molar-refractivity contribution in [2.75, 3.05) is 5.75 Å². The van der Waals surface area contributed by atoms with E-state index in [1.54, 1.807) is 35.5 Å². The molecule has 2 aromatic heterocycles. The van der Waals surface area contributed by atoms with Crippen LogP contribution in [0.2, 0.25) is 0 Å². The summed E-state index contributed by atoms with van der Waals surface area (Å²) in [4.78, 5) is 24.5. The van der Waals surface area contributed by atoms with E-state index in [4.69, 9.17) is 0 Å². The number of nitrogens with one attached hydrogen (secondary N) is 1. The molecule has 0 unspecified atom stereocenters. The SMILES string of the molecule is CCSc1nc(CC(=O)NCc2cnc(C)cn2)cs1. The smallest absolute Gasteiger partial charge is 0.226 e. The van der Waals surface area contributed by atoms with Crippen LogP contribution in [0.15, 0.2) is 22.1 Å². The summed E-state index contributed by atoms with van der Waals surface area (Å²) >= 11 is 3.27. The highest BCUT2D eigenvalue weighted by atomic mass is 32.2. The molecule has 0 fully saturated rings. The summed E-state index contributed by atoms with van der Waals surface area (Å²) in [6.45, 7) is 4.36. The van der Waals surface area contributed by atoms with Crippen LogP contribution in [0.4, 0.5) is 0 Å². The van der Waals surface area contributed by atoms with Crippen LogP contribution in [-0.2, 0) is 17.8 Å². The minimum absolute atomic E-state index is 0.0503. The molecule has 0 saturated carbocycles. The molecule has 0 aliphatic rings. The second-order valence-corrected chi connectivity index (χ2v) is 6.51. The summed E-state index contributed by atoms with van der Waals surface area (Å²) in [5.74, 6) is 0.941. The molecule has 0 aliphatic carbocycles. The first-order valence-electron chi connectivity index (χ1n) is 6.28. The Kier molecular flexibility index (Phi) is 5.49. The summed E-state index contributed by atoms with van der Waals surface area (Å²) in [7, 11) is 0. The fourth-order valence-corrected chi connectivity index (χ4v) is 3.23. The van der Waals surface area contributed by atoms with Crippen molar-refractivity contribution < 1.29 is 4.79 Å². The molecular weight excluding hydrogens is 292 g/mol. The molecule has 0 spiro atoms. The normalized spacial score (nSPS) is 10.5. The third-order valence-corrected chi connectivity index (χ3v) is 4.39. The molecule has 2 heterocycles. The zero-order chi connectivity index (χ0) is 14.4. The molecule has 106 valence electrons. The quantitative estimate of drug-likeness (QED) is 0.829. The summed E-state index contributed by atoms with van der Waals surface area (Å²) in [6, 6.07) is 0. The predicted octanol–water partition coefficient (Wildman–Crippen LogP) is 2.21. The molecule has 5 nitrogen and oxygen atoms in total. The van der Waals surface area contributed by atoms with Gasteiger partial charge in [0.05, 0.1) is 36.2 Å². The van der Waals surface area contributed by atoms with Gasteiger partial charge >= 0.3 is 0 Å². The van der Waals surface area contributed by atoms with Crippen LogP contribution in [0.25, 0.3) is 0 Å². The molecule has 1 N–H and O–H groups in total. The molecule has 0 aromatic carbocycles. The van der Waals surface area contributed by atoms with Crippen LogP contribution >= 0.6 is 23.1 Å². The number of hydrogen-bond donors (Lipinski definition) is 1. The number of amides is 1. The monoisotopic (exact) mass is 308 g/mol. The van der Waals surface area contributed by atoms with Gasteiger partial charge in [0.15, 0.2) is 0 Å². The molecule has 20 heavy (non-hydrogen) atoms. The Morgan fingerprint density at radius 1 is 1.35 bits per heavy atom. The van der Waals surface area contributed by atoms with Crippen molar-refractivity contribution in [2.45, 2.75) is 31.2 Å². The van der Waals surface area contributed by atoms with Crippen molar-refractivity contribution in [2.24, 2.45) is 0 Å². The number of thiazole rings is 1. The Morgan fingerprint density at radius 2 is 2.20 bits per heavy atom. The summed E-state index contributed by atoms with van der Waals surface area (Å²) in [5, 5.41) is 4.76. The number of nitrogens with zero attached hydrogens (tertiary/aromatic N) is 3. The van der Waals surface area contributed by atoms with Crippen molar-refractivity contribution in [3.63, 3.8) is 0 Å². The van der Waals surface area contributed by atoms with E-state index < -0.39 is 0 Å². The number of rotatable bonds is 6. The van der Waals surface area contributed by atoms with Crippen molar-refractivity contribution in [3.8, 4) is 0 Å². The van der Waals surface area contributed by atoms with E-state index in [2.05, 4.69) is 27.2 Å².